The molecule has 1 N–H and O–H groups in total. The highest BCUT2D eigenvalue weighted by Crippen LogP contribution is 2.32. The molecule has 0 bridgehead atoms. The van der Waals surface area contributed by atoms with E-state index < -0.39 is 0 Å². The van der Waals surface area contributed by atoms with E-state index in [1.165, 1.54) is 10.4 Å². The minimum absolute atomic E-state index is 0.0189. The number of thiophene rings is 1. The molecule has 0 spiro atoms. The number of hydrogen-bond donors (Lipinski definition) is 1. The number of piperidine rings is 1. The third-order valence-electron chi connectivity index (χ3n) is 5.20. The lowest BCUT2D eigenvalue weighted by Crippen LogP contribution is -2.38. The summed E-state index contributed by atoms with van der Waals surface area (Å²) in [6, 6.07) is 12.5. The lowest BCUT2D eigenvalue weighted by molar-refractivity contribution is -0.148. The van der Waals surface area contributed by atoms with Gasteiger partial charge in [0.2, 0.25) is 5.95 Å². The summed E-state index contributed by atoms with van der Waals surface area (Å²) < 4.78 is 5.18. The number of aryl methyl sites for hydroxylation is 1. The topological polar surface area (TPSA) is 67.3 Å². The van der Waals surface area contributed by atoms with Crippen molar-refractivity contribution >= 4 is 39.3 Å². The van der Waals surface area contributed by atoms with Crippen LogP contribution in [0.5, 0.6) is 0 Å². The summed E-state index contributed by atoms with van der Waals surface area (Å²) >= 11 is 1.69. The lowest BCUT2D eigenvalue weighted by atomic mass is 9.97. The van der Waals surface area contributed by atoms with Crippen molar-refractivity contribution in [3.8, 4) is 0 Å². The van der Waals surface area contributed by atoms with Crippen LogP contribution in [0.1, 0.15) is 30.2 Å². The van der Waals surface area contributed by atoms with Crippen LogP contribution in [0.15, 0.2) is 36.4 Å². The maximum atomic E-state index is 12.0. The Bertz CT molecular complexity index is 981. The Morgan fingerprint density at radius 2 is 2.00 bits per heavy atom. The number of anilines is 2. The van der Waals surface area contributed by atoms with Crippen molar-refractivity contribution in [3.63, 3.8) is 0 Å². The van der Waals surface area contributed by atoms with E-state index in [-0.39, 0.29) is 11.9 Å². The molecule has 0 unspecified atom stereocenters. The van der Waals surface area contributed by atoms with Crippen LogP contribution >= 0.6 is 11.3 Å². The molecule has 1 aliphatic rings. The molecule has 2 aromatic heterocycles. The lowest BCUT2D eigenvalue weighted by Gasteiger charge is -2.31. The Kier molecular flexibility index (Phi) is 5.94. The Hall–Kier alpha value is -2.67. The van der Waals surface area contributed by atoms with E-state index in [2.05, 4.69) is 35.3 Å². The van der Waals surface area contributed by atoms with E-state index in [9.17, 15) is 4.79 Å². The second-order valence-electron chi connectivity index (χ2n) is 7.30. The van der Waals surface area contributed by atoms with Gasteiger partial charge in [0.1, 0.15) is 10.6 Å². The zero-order valence-corrected chi connectivity index (χ0v) is 17.7. The zero-order chi connectivity index (χ0) is 20.2. The number of esters is 1. The smallest absolute Gasteiger partial charge is 0.309 e. The largest absolute Gasteiger partial charge is 0.466 e. The van der Waals surface area contributed by atoms with Gasteiger partial charge in [-0.15, -0.1) is 11.3 Å². The number of carbonyl (C=O) groups excluding carboxylic acids is 1. The van der Waals surface area contributed by atoms with Gasteiger partial charge in [0.15, 0.2) is 0 Å². The number of benzene rings is 1. The van der Waals surface area contributed by atoms with Gasteiger partial charge in [-0.1, -0.05) is 30.3 Å². The molecule has 1 aromatic carbocycles. The van der Waals surface area contributed by atoms with Crippen molar-refractivity contribution in [1.29, 1.82) is 0 Å². The summed E-state index contributed by atoms with van der Waals surface area (Å²) in [6.07, 6.45) is 1.55. The zero-order valence-electron chi connectivity index (χ0n) is 16.9. The second-order valence-corrected chi connectivity index (χ2v) is 8.54. The third kappa shape index (κ3) is 4.50. The van der Waals surface area contributed by atoms with E-state index in [1.54, 1.807) is 11.3 Å². The fraction of sp³-hybridized carbons (Fsp3) is 0.409. The first-order valence-corrected chi connectivity index (χ1v) is 10.9. The molecule has 7 heteroatoms. The minimum atomic E-state index is -0.0809. The number of rotatable bonds is 6. The highest BCUT2D eigenvalue weighted by molar-refractivity contribution is 7.18. The number of fused-ring (bicyclic) bond motifs is 1. The molecular formula is C22H26N4O2S. The molecule has 0 saturated carbocycles. The fourth-order valence-electron chi connectivity index (χ4n) is 3.66. The summed E-state index contributed by atoms with van der Waals surface area (Å²) in [5.41, 5.74) is 1.21. The molecule has 3 heterocycles. The van der Waals surface area contributed by atoms with Crippen molar-refractivity contribution in [3.05, 3.63) is 46.8 Å². The molecule has 152 valence electrons. The molecule has 29 heavy (non-hydrogen) atoms. The van der Waals surface area contributed by atoms with Crippen LogP contribution in [0.25, 0.3) is 10.2 Å². The summed E-state index contributed by atoms with van der Waals surface area (Å²) in [5.74, 6) is 1.50. The molecule has 1 saturated heterocycles. The molecule has 0 amide bonds. The van der Waals surface area contributed by atoms with E-state index in [0.29, 0.717) is 13.2 Å². The van der Waals surface area contributed by atoms with Gasteiger partial charge in [0, 0.05) is 24.5 Å². The predicted molar refractivity (Wildman–Crippen MR) is 117 cm³/mol. The third-order valence-corrected chi connectivity index (χ3v) is 6.15. The minimum Gasteiger partial charge on any atom is -0.466 e. The SMILES string of the molecule is CCOC(=O)C1CCN(c2nc(NCc3ccccc3)c3cc(C)sc3n2)CC1. The second kappa shape index (κ2) is 8.78. The van der Waals surface area contributed by atoms with Crippen LogP contribution in [0.4, 0.5) is 11.8 Å². The number of carbonyl (C=O) groups is 1. The van der Waals surface area contributed by atoms with Gasteiger partial charge >= 0.3 is 5.97 Å². The average molecular weight is 411 g/mol. The van der Waals surface area contributed by atoms with Gasteiger partial charge in [-0.3, -0.25) is 4.79 Å². The predicted octanol–water partition coefficient (Wildman–Crippen LogP) is 4.39. The van der Waals surface area contributed by atoms with Crippen LogP contribution in [-0.2, 0) is 16.1 Å². The molecule has 0 atom stereocenters. The monoisotopic (exact) mass is 410 g/mol. The molecule has 6 nitrogen and oxygen atoms in total. The summed E-state index contributed by atoms with van der Waals surface area (Å²) in [5, 5.41) is 4.56. The standard InChI is InChI=1S/C22H26N4O2S/c1-3-28-21(27)17-9-11-26(12-10-17)22-24-19(18-13-15(2)29-20(18)25-22)23-14-16-7-5-4-6-8-16/h4-8,13,17H,3,9-12,14H2,1-2H3,(H,23,24,25). The number of hydrogen-bond acceptors (Lipinski definition) is 7. The van der Waals surface area contributed by atoms with Gasteiger partial charge in [0.05, 0.1) is 17.9 Å². The quantitative estimate of drug-likeness (QED) is 0.608. The van der Waals surface area contributed by atoms with Gasteiger partial charge < -0.3 is 15.0 Å². The number of nitrogens with zero attached hydrogens (tertiary/aromatic N) is 3. The van der Waals surface area contributed by atoms with Crippen LogP contribution < -0.4 is 10.2 Å². The van der Waals surface area contributed by atoms with E-state index >= 15 is 0 Å². The average Bonchev–Trinajstić information content (AvgIpc) is 3.13. The first-order valence-electron chi connectivity index (χ1n) is 10.1. The fourth-order valence-corrected chi connectivity index (χ4v) is 4.54. The molecule has 0 radical (unpaired) electrons. The Morgan fingerprint density at radius 1 is 1.24 bits per heavy atom. The number of ether oxygens (including phenoxy) is 1. The first-order chi connectivity index (χ1) is 14.1. The van der Waals surface area contributed by atoms with Crippen molar-refractivity contribution in [1.82, 2.24) is 9.97 Å². The van der Waals surface area contributed by atoms with Crippen molar-refractivity contribution in [2.24, 2.45) is 5.92 Å². The van der Waals surface area contributed by atoms with Gasteiger partial charge in [-0.05, 0) is 38.3 Å². The Balaban J connectivity index is 1.53. The van der Waals surface area contributed by atoms with E-state index in [0.717, 1.165) is 47.9 Å². The molecule has 1 aliphatic heterocycles. The van der Waals surface area contributed by atoms with Gasteiger partial charge in [0.25, 0.3) is 0 Å². The van der Waals surface area contributed by atoms with Crippen LogP contribution in [0.3, 0.4) is 0 Å². The van der Waals surface area contributed by atoms with E-state index in [1.807, 2.05) is 25.1 Å². The van der Waals surface area contributed by atoms with Crippen molar-refractivity contribution < 1.29 is 9.53 Å². The number of nitrogens with one attached hydrogen (secondary N) is 1. The van der Waals surface area contributed by atoms with Crippen molar-refractivity contribution in [2.75, 3.05) is 29.9 Å². The maximum absolute atomic E-state index is 12.0. The van der Waals surface area contributed by atoms with Gasteiger partial charge in [-0.25, -0.2) is 4.98 Å². The number of aromatic nitrogens is 2. The highest BCUT2D eigenvalue weighted by Gasteiger charge is 2.27. The molecule has 3 aromatic rings. The Labute approximate surface area is 174 Å². The normalized spacial score (nSPS) is 14.9. The molecule has 1 fully saturated rings. The molecule has 0 aliphatic carbocycles. The van der Waals surface area contributed by atoms with Gasteiger partial charge in [-0.2, -0.15) is 4.98 Å². The van der Waals surface area contributed by atoms with E-state index in [4.69, 9.17) is 14.7 Å². The van der Waals surface area contributed by atoms with Crippen molar-refractivity contribution in [2.45, 2.75) is 33.2 Å². The molecular weight excluding hydrogens is 384 g/mol. The van der Waals surface area contributed by atoms with Crippen LogP contribution in [0, 0.1) is 12.8 Å². The maximum Gasteiger partial charge on any atom is 0.309 e. The summed E-state index contributed by atoms with van der Waals surface area (Å²) in [6.45, 7) is 6.62. The first kappa shape index (κ1) is 19.6. The van der Waals surface area contributed by atoms with Crippen LogP contribution in [-0.4, -0.2) is 35.6 Å². The van der Waals surface area contributed by atoms with Crippen LogP contribution in [0.2, 0.25) is 0 Å². The highest BCUT2D eigenvalue weighted by atomic mass is 32.1. The Morgan fingerprint density at radius 3 is 2.72 bits per heavy atom. The molecule has 4 rings (SSSR count). The summed E-state index contributed by atoms with van der Waals surface area (Å²) in [4.78, 5) is 26.1. The summed E-state index contributed by atoms with van der Waals surface area (Å²) in [7, 11) is 0.